The fourth-order valence-electron chi connectivity index (χ4n) is 5.97. The molecule has 0 fully saturated rings. The van der Waals surface area contributed by atoms with Crippen molar-refractivity contribution in [3.63, 3.8) is 0 Å². The lowest BCUT2D eigenvalue weighted by atomic mass is 9.76. The Hall–Kier alpha value is -5.62. The number of aromatic amines is 1. The minimum atomic E-state index is -0.292. The van der Waals surface area contributed by atoms with E-state index in [9.17, 15) is 9.59 Å². The van der Waals surface area contributed by atoms with Crippen LogP contribution in [-0.2, 0) is 15.6 Å². The molecule has 3 N–H and O–H groups in total. The van der Waals surface area contributed by atoms with Gasteiger partial charge in [0, 0.05) is 16.9 Å². The normalized spacial score (nSPS) is 11.8. The molecule has 4 aromatic carbocycles. The molecule has 0 aliphatic heterocycles. The van der Waals surface area contributed by atoms with E-state index in [-0.39, 0.29) is 28.9 Å². The minimum Gasteiger partial charge on any atom is -0.483 e. The number of nitrogens with zero attached hydrogens (tertiary/aromatic N) is 5. The molecule has 0 radical (unpaired) electrons. The van der Waals surface area contributed by atoms with E-state index in [1.807, 2.05) is 62.4 Å². The fraction of sp³-hybridized carbons (Fsp3) is 0.310. The van der Waals surface area contributed by atoms with E-state index in [4.69, 9.17) is 4.74 Å². The van der Waals surface area contributed by atoms with Crippen LogP contribution in [-0.4, -0.2) is 42.5 Å². The van der Waals surface area contributed by atoms with E-state index in [0.717, 1.165) is 52.7 Å². The molecule has 1 amide bonds. The molecule has 0 saturated heterocycles. The number of tetrazole rings is 1. The molecule has 6 aromatic rings. The maximum Gasteiger partial charge on any atom is 0.287 e. The standard InChI is InChI=1S/C42H48N8O3S/c1-9-41(5,6)29-17-23-35(33(25-29)42(7,8)10-2)53-26-36(51)43-30-18-20-32(21-19-30)49-39(52)37(38(46-49)44-34-22-16-27(3)24-28(34)4)54-40-45-47-48-50(40)31-14-12-11-13-15-31/h11-25,44,46H,9-10,26H2,1-8H3,(H,43,51). The second kappa shape index (κ2) is 15.8. The Morgan fingerprint density at radius 3 is 2.28 bits per heavy atom. The highest BCUT2D eigenvalue weighted by molar-refractivity contribution is 7.99. The second-order valence-electron chi connectivity index (χ2n) is 14.8. The van der Waals surface area contributed by atoms with Crippen molar-refractivity contribution in [3.8, 4) is 17.1 Å². The zero-order chi connectivity index (χ0) is 38.6. The molecule has 11 nitrogen and oxygen atoms in total. The maximum absolute atomic E-state index is 14.1. The number of amides is 1. The van der Waals surface area contributed by atoms with Gasteiger partial charge in [-0.2, -0.15) is 4.68 Å². The number of aryl methyl sites for hydroxylation is 2. The van der Waals surface area contributed by atoms with Gasteiger partial charge in [-0.25, -0.2) is 4.68 Å². The Morgan fingerprint density at radius 1 is 0.870 bits per heavy atom. The third kappa shape index (κ3) is 8.28. The first-order chi connectivity index (χ1) is 25.8. The minimum absolute atomic E-state index is 0.0330. The van der Waals surface area contributed by atoms with Gasteiger partial charge in [-0.15, -0.1) is 5.10 Å². The first kappa shape index (κ1) is 38.1. The van der Waals surface area contributed by atoms with E-state index >= 15 is 0 Å². The number of hydrogen-bond donors (Lipinski definition) is 3. The highest BCUT2D eigenvalue weighted by atomic mass is 32.2. The summed E-state index contributed by atoms with van der Waals surface area (Å²) < 4.78 is 9.19. The quantitative estimate of drug-likeness (QED) is 0.101. The van der Waals surface area contributed by atoms with Gasteiger partial charge in [0.2, 0.25) is 5.16 Å². The van der Waals surface area contributed by atoms with Crippen LogP contribution in [0.2, 0.25) is 0 Å². The Morgan fingerprint density at radius 2 is 1.59 bits per heavy atom. The predicted molar refractivity (Wildman–Crippen MR) is 216 cm³/mol. The Balaban J connectivity index is 1.22. The average Bonchev–Trinajstić information content (AvgIpc) is 3.76. The van der Waals surface area contributed by atoms with Gasteiger partial charge in [-0.05, 0) is 119 Å². The summed E-state index contributed by atoms with van der Waals surface area (Å²) in [6, 6.07) is 29.0. The molecule has 2 aromatic heterocycles. The number of anilines is 3. The molecule has 0 spiro atoms. The molecule has 2 heterocycles. The molecule has 280 valence electrons. The van der Waals surface area contributed by atoms with E-state index < -0.39 is 0 Å². The predicted octanol–water partition coefficient (Wildman–Crippen LogP) is 9.05. The fourth-order valence-corrected chi connectivity index (χ4v) is 6.84. The number of rotatable bonds is 14. The van der Waals surface area contributed by atoms with Crippen LogP contribution < -0.4 is 20.9 Å². The maximum atomic E-state index is 14.1. The third-order valence-electron chi connectivity index (χ3n) is 10.2. The molecule has 0 atom stereocenters. The molecule has 0 aliphatic carbocycles. The topological polar surface area (TPSA) is 132 Å². The van der Waals surface area contributed by atoms with Gasteiger partial charge in [0.05, 0.1) is 11.4 Å². The summed E-state index contributed by atoms with van der Waals surface area (Å²) in [6.45, 7) is 17.2. The van der Waals surface area contributed by atoms with Crippen molar-refractivity contribution >= 4 is 34.9 Å². The van der Waals surface area contributed by atoms with Crippen LogP contribution >= 0.6 is 11.8 Å². The number of hydrogen-bond acceptors (Lipinski definition) is 8. The van der Waals surface area contributed by atoms with Gasteiger partial charge in [0.1, 0.15) is 16.5 Å². The SMILES string of the molecule is CCC(C)(C)c1ccc(OCC(=O)Nc2ccc(-n3[nH]c(Nc4ccc(C)cc4C)c(Sc4nnnn4-c4ccccc4)c3=O)cc2)c(C(C)(C)CC)c1. The molecule has 0 unspecified atom stereocenters. The average molecular weight is 745 g/mol. The summed E-state index contributed by atoms with van der Waals surface area (Å²) in [4.78, 5) is 27.6. The van der Waals surface area contributed by atoms with E-state index in [1.54, 1.807) is 28.9 Å². The van der Waals surface area contributed by atoms with Gasteiger partial charge in [-0.3, -0.25) is 14.7 Å². The van der Waals surface area contributed by atoms with Crippen LogP contribution in [0.1, 0.15) is 76.6 Å². The van der Waals surface area contributed by atoms with Crippen LogP contribution in [0.5, 0.6) is 5.75 Å². The molecule has 54 heavy (non-hydrogen) atoms. The van der Waals surface area contributed by atoms with Crippen LogP contribution in [0.4, 0.5) is 17.2 Å². The molecule has 0 saturated carbocycles. The van der Waals surface area contributed by atoms with Gasteiger partial charge < -0.3 is 15.4 Å². The molecule has 0 bridgehead atoms. The Bertz CT molecular complexity index is 2310. The van der Waals surface area contributed by atoms with Crippen LogP contribution in [0, 0.1) is 13.8 Å². The zero-order valence-corrected chi connectivity index (χ0v) is 33.0. The Labute approximate surface area is 320 Å². The molecule has 0 aliphatic rings. The van der Waals surface area contributed by atoms with E-state index in [1.165, 1.54) is 10.2 Å². The number of benzene rings is 4. The first-order valence-corrected chi connectivity index (χ1v) is 19.0. The number of nitrogens with one attached hydrogen (secondary N) is 3. The number of carbonyl (C=O) groups is 1. The lowest BCUT2D eigenvalue weighted by Crippen LogP contribution is -2.24. The second-order valence-corrected chi connectivity index (χ2v) is 15.8. The van der Waals surface area contributed by atoms with E-state index in [2.05, 4.69) is 91.0 Å². The zero-order valence-electron chi connectivity index (χ0n) is 32.2. The third-order valence-corrected chi connectivity index (χ3v) is 11.2. The molecule has 12 heteroatoms. The van der Waals surface area contributed by atoms with Crippen LogP contribution in [0.25, 0.3) is 11.4 Å². The van der Waals surface area contributed by atoms with Crippen molar-refractivity contribution in [2.24, 2.45) is 0 Å². The summed E-state index contributed by atoms with van der Waals surface area (Å²) in [5.74, 6) is 0.921. The summed E-state index contributed by atoms with van der Waals surface area (Å²) >= 11 is 1.16. The largest absolute Gasteiger partial charge is 0.483 e. The van der Waals surface area contributed by atoms with Gasteiger partial charge in [-0.1, -0.05) is 89.6 Å². The highest BCUT2D eigenvalue weighted by Crippen LogP contribution is 2.39. The van der Waals surface area contributed by atoms with Crippen molar-refractivity contribution in [2.45, 2.75) is 89.1 Å². The number of carbonyl (C=O) groups excluding carboxylic acids is 1. The lowest BCUT2D eigenvalue weighted by Gasteiger charge is -2.30. The van der Waals surface area contributed by atoms with Crippen LogP contribution in [0.15, 0.2) is 106 Å². The van der Waals surface area contributed by atoms with Crippen LogP contribution in [0.3, 0.4) is 0 Å². The molecule has 6 rings (SSSR count). The Kier molecular flexibility index (Phi) is 11.1. The number of H-pyrrole nitrogens is 1. The van der Waals surface area contributed by atoms with Gasteiger partial charge in [0.25, 0.3) is 11.5 Å². The summed E-state index contributed by atoms with van der Waals surface area (Å²) in [5.41, 5.74) is 6.90. The van der Waals surface area contributed by atoms with E-state index in [0.29, 0.717) is 33.0 Å². The number of ether oxygens (including phenoxy) is 1. The van der Waals surface area contributed by atoms with Crippen molar-refractivity contribution < 1.29 is 9.53 Å². The van der Waals surface area contributed by atoms with Gasteiger partial charge >= 0.3 is 0 Å². The van der Waals surface area contributed by atoms with Gasteiger partial charge in [0.15, 0.2) is 6.61 Å². The molecular weight excluding hydrogens is 697 g/mol. The van der Waals surface area contributed by atoms with Crippen molar-refractivity contribution in [1.29, 1.82) is 0 Å². The highest BCUT2D eigenvalue weighted by Gasteiger charge is 2.27. The monoisotopic (exact) mass is 744 g/mol. The molecular formula is C42H48N8O3S. The van der Waals surface area contributed by atoms with Crippen molar-refractivity contribution in [1.82, 2.24) is 30.0 Å². The number of para-hydroxylation sites is 1. The lowest BCUT2D eigenvalue weighted by molar-refractivity contribution is -0.118. The van der Waals surface area contributed by atoms with Crippen molar-refractivity contribution in [2.75, 3.05) is 17.2 Å². The first-order valence-electron chi connectivity index (χ1n) is 18.2. The smallest absolute Gasteiger partial charge is 0.287 e. The summed E-state index contributed by atoms with van der Waals surface area (Å²) in [5, 5.41) is 22.3. The van der Waals surface area contributed by atoms with Crippen molar-refractivity contribution in [3.05, 3.63) is 124 Å². The summed E-state index contributed by atoms with van der Waals surface area (Å²) in [6.07, 6.45) is 1.94. The summed E-state index contributed by atoms with van der Waals surface area (Å²) in [7, 11) is 0. The number of aromatic nitrogens is 6.